The molecule has 0 radical (unpaired) electrons. The van der Waals surface area contributed by atoms with Crippen LogP contribution in [0.1, 0.15) is 16.2 Å². The SMILES string of the molecule is Cc1cc(NC(=O)c2cc([N+](=O)[O-])c[nH]2)sn1. The van der Waals surface area contributed by atoms with Crippen molar-refractivity contribution in [2.24, 2.45) is 0 Å². The van der Waals surface area contributed by atoms with Gasteiger partial charge in [0.1, 0.15) is 10.7 Å². The number of H-pyrrole nitrogens is 1. The number of carbonyl (C=O) groups is 1. The highest BCUT2D eigenvalue weighted by Crippen LogP contribution is 2.18. The Labute approximate surface area is 99.8 Å². The first kappa shape index (κ1) is 11.3. The predicted octanol–water partition coefficient (Wildman–Crippen LogP) is 1.94. The summed E-state index contributed by atoms with van der Waals surface area (Å²) in [5.74, 6) is -0.429. The molecule has 2 aromatic rings. The molecule has 2 aromatic heterocycles. The molecule has 88 valence electrons. The maximum absolute atomic E-state index is 11.7. The Morgan fingerprint density at radius 3 is 2.88 bits per heavy atom. The van der Waals surface area contributed by atoms with Crippen molar-refractivity contribution in [3.63, 3.8) is 0 Å². The molecule has 0 saturated carbocycles. The molecule has 0 aromatic carbocycles. The smallest absolute Gasteiger partial charge is 0.287 e. The second-order valence-corrected chi connectivity index (χ2v) is 4.12. The normalized spacial score (nSPS) is 10.2. The molecular formula is C9H8N4O3S. The highest BCUT2D eigenvalue weighted by molar-refractivity contribution is 7.10. The van der Waals surface area contributed by atoms with Gasteiger partial charge in [-0.1, -0.05) is 0 Å². The highest BCUT2D eigenvalue weighted by Gasteiger charge is 2.15. The quantitative estimate of drug-likeness (QED) is 0.643. The fraction of sp³-hybridized carbons (Fsp3) is 0.111. The lowest BCUT2D eigenvalue weighted by atomic mass is 10.4. The van der Waals surface area contributed by atoms with Crippen LogP contribution in [0.25, 0.3) is 0 Å². The van der Waals surface area contributed by atoms with Crippen molar-refractivity contribution in [1.29, 1.82) is 0 Å². The maximum Gasteiger partial charge on any atom is 0.287 e. The Hall–Kier alpha value is -2.22. The van der Waals surface area contributed by atoms with Gasteiger partial charge in [-0.15, -0.1) is 0 Å². The van der Waals surface area contributed by atoms with Gasteiger partial charge in [0, 0.05) is 6.07 Å². The van der Waals surface area contributed by atoms with Crippen molar-refractivity contribution in [1.82, 2.24) is 9.36 Å². The summed E-state index contributed by atoms with van der Waals surface area (Å²) >= 11 is 1.16. The van der Waals surface area contributed by atoms with Gasteiger partial charge >= 0.3 is 0 Å². The third-order valence-electron chi connectivity index (χ3n) is 1.99. The Balaban J connectivity index is 2.11. The Morgan fingerprint density at radius 1 is 1.59 bits per heavy atom. The van der Waals surface area contributed by atoms with Gasteiger partial charge in [-0.3, -0.25) is 14.9 Å². The van der Waals surface area contributed by atoms with Crippen LogP contribution in [0, 0.1) is 17.0 Å². The summed E-state index contributed by atoms with van der Waals surface area (Å²) in [6, 6.07) is 2.91. The lowest BCUT2D eigenvalue weighted by molar-refractivity contribution is -0.384. The van der Waals surface area contributed by atoms with E-state index >= 15 is 0 Å². The number of amides is 1. The van der Waals surface area contributed by atoms with E-state index in [9.17, 15) is 14.9 Å². The van der Waals surface area contributed by atoms with Gasteiger partial charge in [0.15, 0.2) is 0 Å². The second kappa shape index (κ2) is 4.34. The molecule has 17 heavy (non-hydrogen) atoms. The van der Waals surface area contributed by atoms with Gasteiger partial charge in [0.25, 0.3) is 11.6 Å². The lowest BCUT2D eigenvalue weighted by Gasteiger charge is -1.97. The summed E-state index contributed by atoms with van der Waals surface area (Å²) < 4.78 is 4.01. The number of carbonyl (C=O) groups excluding carboxylic acids is 1. The summed E-state index contributed by atoms with van der Waals surface area (Å²) in [6.45, 7) is 1.81. The number of hydrogen-bond donors (Lipinski definition) is 2. The number of anilines is 1. The van der Waals surface area contributed by atoms with Gasteiger partial charge in [0.2, 0.25) is 0 Å². The van der Waals surface area contributed by atoms with Crippen LogP contribution in [-0.2, 0) is 0 Å². The minimum Gasteiger partial charge on any atom is -0.351 e. The van der Waals surface area contributed by atoms with Gasteiger partial charge in [-0.2, -0.15) is 4.37 Å². The van der Waals surface area contributed by atoms with Crippen molar-refractivity contribution in [3.8, 4) is 0 Å². The molecule has 0 atom stereocenters. The van der Waals surface area contributed by atoms with Crippen LogP contribution >= 0.6 is 11.5 Å². The minimum absolute atomic E-state index is 0.141. The first-order valence-electron chi connectivity index (χ1n) is 4.64. The number of hydrogen-bond acceptors (Lipinski definition) is 5. The topological polar surface area (TPSA) is 101 Å². The zero-order valence-electron chi connectivity index (χ0n) is 8.76. The van der Waals surface area contributed by atoms with Crippen molar-refractivity contribution in [2.75, 3.05) is 5.32 Å². The van der Waals surface area contributed by atoms with Crippen molar-refractivity contribution < 1.29 is 9.72 Å². The number of aryl methyl sites for hydroxylation is 1. The van der Waals surface area contributed by atoms with Crippen LogP contribution < -0.4 is 5.32 Å². The van der Waals surface area contributed by atoms with E-state index in [2.05, 4.69) is 14.7 Å². The third kappa shape index (κ3) is 2.48. The van der Waals surface area contributed by atoms with Gasteiger partial charge in [0.05, 0.1) is 16.8 Å². The fourth-order valence-corrected chi connectivity index (χ4v) is 1.88. The molecular weight excluding hydrogens is 244 g/mol. The number of nitro groups is 1. The number of nitrogens with zero attached hydrogens (tertiary/aromatic N) is 2. The minimum atomic E-state index is -0.565. The standard InChI is InChI=1S/C9H8N4O3S/c1-5-2-8(17-12-5)11-9(14)7-3-6(4-10-7)13(15)16/h2-4,10H,1H3,(H,11,14). The van der Waals surface area contributed by atoms with Crippen LogP contribution in [0.3, 0.4) is 0 Å². The maximum atomic E-state index is 11.7. The molecule has 0 bridgehead atoms. The van der Waals surface area contributed by atoms with Crippen LogP contribution in [0.4, 0.5) is 10.7 Å². The Morgan fingerprint density at radius 2 is 2.35 bits per heavy atom. The molecule has 0 saturated heterocycles. The summed E-state index contributed by atoms with van der Waals surface area (Å²) in [5, 5.41) is 13.6. The summed E-state index contributed by atoms with van der Waals surface area (Å²) in [5.41, 5.74) is 0.807. The molecule has 2 N–H and O–H groups in total. The molecule has 2 rings (SSSR count). The molecule has 7 nitrogen and oxygen atoms in total. The van der Waals surface area contributed by atoms with E-state index in [1.54, 1.807) is 6.07 Å². The lowest BCUT2D eigenvalue weighted by Crippen LogP contribution is -2.10. The van der Waals surface area contributed by atoms with E-state index < -0.39 is 10.8 Å². The first-order chi connectivity index (χ1) is 8.06. The number of aromatic amines is 1. The first-order valence-corrected chi connectivity index (χ1v) is 5.41. The van der Waals surface area contributed by atoms with Crippen LogP contribution in [0.2, 0.25) is 0 Å². The van der Waals surface area contributed by atoms with E-state index in [0.717, 1.165) is 17.2 Å². The van der Waals surface area contributed by atoms with E-state index in [-0.39, 0.29) is 11.4 Å². The summed E-state index contributed by atoms with van der Waals surface area (Å²) in [7, 11) is 0. The van der Waals surface area contributed by atoms with Gasteiger partial charge < -0.3 is 10.3 Å². The molecule has 0 spiro atoms. The monoisotopic (exact) mass is 252 g/mol. The van der Waals surface area contributed by atoms with E-state index in [4.69, 9.17) is 0 Å². The average molecular weight is 252 g/mol. The van der Waals surface area contributed by atoms with Gasteiger partial charge in [-0.25, -0.2) is 0 Å². The summed E-state index contributed by atoms with van der Waals surface area (Å²) in [4.78, 5) is 24.1. The average Bonchev–Trinajstić information content (AvgIpc) is 2.86. The molecule has 8 heteroatoms. The fourth-order valence-electron chi connectivity index (χ4n) is 1.22. The zero-order valence-corrected chi connectivity index (χ0v) is 9.58. The third-order valence-corrected chi connectivity index (χ3v) is 2.78. The number of rotatable bonds is 3. The van der Waals surface area contributed by atoms with Crippen LogP contribution in [0.5, 0.6) is 0 Å². The van der Waals surface area contributed by atoms with Crippen molar-refractivity contribution >= 4 is 28.1 Å². The molecule has 0 aliphatic rings. The number of nitrogens with one attached hydrogen (secondary N) is 2. The van der Waals surface area contributed by atoms with Crippen molar-refractivity contribution in [2.45, 2.75) is 6.92 Å². The van der Waals surface area contributed by atoms with Gasteiger partial charge in [-0.05, 0) is 24.5 Å². The molecule has 0 aliphatic carbocycles. The summed E-state index contributed by atoms with van der Waals surface area (Å²) in [6.07, 6.45) is 1.17. The molecule has 1 amide bonds. The highest BCUT2D eigenvalue weighted by atomic mass is 32.1. The molecule has 2 heterocycles. The van der Waals surface area contributed by atoms with Crippen LogP contribution in [-0.4, -0.2) is 20.2 Å². The number of aromatic nitrogens is 2. The van der Waals surface area contributed by atoms with E-state index in [1.807, 2.05) is 6.92 Å². The van der Waals surface area contributed by atoms with E-state index in [0.29, 0.717) is 5.00 Å². The van der Waals surface area contributed by atoms with Crippen molar-refractivity contribution in [3.05, 3.63) is 39.8 Å². The molecule has 0 unspecified atom stereocenters. The molecule has 0 aliphatic heterocycles. The zero-order chi connectivity index (χ0) is 12.4. The Kier molecular flexibility index (Phi) is 2.88. The van der Waals surface area contributed by atoms with E-state index in [1.165, 1.54) is 12.3 Å². The molecule has 0 fully saturated rings. The second-order valence-electron chi connectivity index (χ2n) is 3.32. The largest absolute Gasteiger partial charge is 0.351 e. The predicted molar refractivity (Wildman–Crippen MR) is 62.3 cm³/mol. The Bertz CT molecular complexity index is 574. The van der Waals surface area contributed by atoms with Crippen LogP contribution in [0.15, 0.2) is 18.3 Å².